The molecule has 0 saturated carbocycles. The Labute approximate surface area is 141 Å². The Kier molecular flexibility index (Phi) is 6.88. The summed E-state index contributed by atoms with van der Waals surface area (Å²) in [5.74, 6) is 0.122. The number of nitrogens with one attached hydrogen (secondary N) is 1. The van der Waals surface area contributed by atoms with Gasteiger partial charge in [0.1, 0.15) is 4.34 Å². The third-order valence-corrected chi connectivity index (χ3v) is 5.66. The van der Waals surface area contributed by atoms with Crippen LogP contribution in [0.4, 0.5) is 0 Å². The summed E-state index contributed by atoms with van der Waals surface area (Å²) in [6.07, 6.45) is 1.72. The predicted octanol–water partition coefficient (Wildman–Crippen LogP) is 2.46. The Balaban J connectivity index is 1.75. The van der Waals surface area contributed by atoms with Crippen molar-refractivity contribution in [2.24, 2.45) is 0 Å². The van der Waals surface area contributed by atoms with E-state index in [0.717, 1.165) is 9.22 Å². The lowest BCUT2D eigenvalue weighted by Gasteiger charge is -2.19. The molecule has 2 aromatic heterocycles. The lowest BCUT2D eigenvalue weighted by Crippen LogP contribution is -2.41. The zero-order chi connectivity index (χ0) is 15.8. The van der Waals surface area contributed by atoms with Gasteiger partial charge in [-0.05, 0) is 18.4 Å². The molecular weight excluding hydrogens is 338 g/mol. The van der Waals surface area contributed by atoms with E-state index < -0.39 is 0 Å². The van der Waals surface area contributed by atoms with Crippen LogP contribution in [0.5, 0.6) is 0 Å². The Bertz CT molecular complexity index is 585. The molecule has 0 aliphatic carbocycles. The topological polar surface area (TPSA) is 62.3 Å². The number of thioether (sulfide) groups is 1. The minimum atomic E-state index is -0.136. The van der Waals surface area contributed by atoms with Crippen LogP contribution in [0.3, 0.4) is 0 Å². The Morgan fingerprint density at radius 1 is 1.36 bits per heavy atom. The number of hydrogen-bond donors (Lipinski definition) is 1. The van der Waals surface area contributed by atoms with E-state index in [-0.39, 0.29) is 18.4 Å². The molecular formula is C14H17N3O2S3. The van der Waals surface area contributed by atoms with Crippen LogP contribution in [-0.4, -0.2) is 40.5 Å². The number of aromatic nitrogens is 1. The summed E-state index contributed by atoms with van der Waals surface area (Å²) in [5.41, 5.74) is 0. The summed E-state index contributed by atoms with van der Waals surface area (Å²) >= 11 is 4.51. The number of carbonyl (C=O) groups is 2. The average molecular weight is 356 g/mol. The van der Waals surface area contributed by atoms with Gasteiger partial charge in [0.2, 0.25) is 11.8 Å². The van der Waals surface area contributed by atoms with Gasteiger partial charge < -0.3 is 10.2 Å². The highest BCUT2D eigenvalue weighted by Crippen LogP contribution is 2.20. The van der Waals surface area contributed by atoms with E-state index in [0.29, 0.717) is 18.8 Å². The second-order valence-electron chi connectivity index (χ2n) is 4.35. The van der Waals surface area contributed by atoms with Crippen molar-refractivity contribution in [3.63, 3.8) is 0 Å². The molecule has 0 saturated heterocycles. The fourth-order valence-corrected chi connectivity index (χ4v) is 3.89. The molecule has 0 aromatic carbocycles. The van der Waals surface area contributed by atoms with Crippen molar-refractivity contribution in [3.05, 3.63) is 34.0 Å². The number of rotatable bonds is 8. The summed E-state index contributed by atoms with van der Waals surface area (Å²) in [6, 6.07) is 3.92. The fourth-order valence-electron chi connectivity index (χ4n) is 1.70. The van der Waals surface area contributed by atoms with Gasteiger partial charge in [-0.3, -0.25) is 9.59 Å². The van der Waals surface area contributed by atoms with E-state index >= 15 is 0 Å². The molecule has 0 fully saturated rings. The second-order valence-corrected chi connectivity index (χ2v) is 7.50. The lowest BCUT2D eigenvalue weighted by atomic mass is 10.4. The van der Waals surface area contributed by atoms with Crippen LogP contribution < -0.4 is 5.32 Å². The number of carbonyl (C=O) groups excluding carboxylic acids is 2. The van der Waals surface area contributed by atoms with Crippen LogP contribution in [0.1, 0.15) is 11.8 Å². The van der Waals surface area contributed by atoms with Crippen molar-refractivity contribution in [2.75, 3.05) is 18.8 Å². The third kappa shape index (κ3) is 5.43. The lowest BCUT2D eigenvalue weighted by molar-refractivity contribution is -0.133. The van der Waals surface area contributed by atoms with Crippen LogP contribution >= 0.6 is 34.4 Å². The number of thiophene rings is 1. The minimum Gasteiger partial charge on any atom is -0.350 e. The molecule has 118 valence electrons. The van der Waals surface area contributed by atoms with Gasteiger partial charge in [-0.15, -0.1) is 22.7 Å². The number of thiazole rings is 1. The van der Waals surface area contributed by atoms with Crippen molar-refractivity contribution in [3.8, 4) is 0 Å². The summed E-state index contributed by atoms with van der Waals surface area (Å²) in [6.45, 7) is 3.00. The van der Waals surface area contributed by atoms with Gasteiger partial charge in [0, 0.05) is 23.0 Å². The highest BCUT2D eigenvalue weighted by Gasteiger charge is 2.16. The maximum atomic E-state index is 12.1. The van der Waals surface area contributed by atoms with Crippen LogP contribution in [0, 0.1) is 0 Å². The Morgan fingerprint density at radius 2 is 2.23 bits per heavy atom. The van der Waals surface area contributed by atoms with E-state index in [9.17, 15) is 9.59 Å². The van der Waals surface area contributed by atoms with Crippen molar-refractivity contribution in [2.45, 2.75) is 17.8 Å². The molecule has 0 bridgehead atoms. The monoisotopic (exact) mass is 355 g/mol. The summed E-state index contributed by atoms with van der Waals surface area (Å²) in [7, 11) is 0. The first-order chi connectivity index (χ1) is 10.7. The third-order valence-electron chi connectivity index (χ3n) is 2.84. The predicted molar refractivity (Wildman–Crippen MR) is 91.3 cm³/mol. The number of amides is 2. The highest BCUT2D eigenvalue weighted by molar-refractivity contribution is 8.01. The van der Waals surface area contributed by atoms with Gasteiger partial charge in [-0.2, -0.15) is 0 Å². The fraction of sp³-hybridized carbons (Fsp3) is 0.357. The normalized spacial score (nSPS) is 10.4. The SMILES string of the molecule is CCN(CC(=O)NCc1cccs1)C(=O)CSc1nccs1. The van der Waals surface area contributed by atoms with E-state index in [1.165, 1.54) is 23.1 Å². The van der Waals surface area contributed by atoms with Crippen molar-refractivity contribution >= 4 is 46.2 Å². The molecule has 5 nitrogen and oxygen atoms in total. The maximum absolute atomic E-state index is 12.1. The second kappa shape index (κ2) is 8.92. The first-order valence-corrected chi connectivity index (χ1v) is 9.52. The molecule has 0 radical (unpaired) electrons. The van der Waals surface area contributed by atoms with Crippen molar-refractivity contribution in [1.82, 2.24) is 15.2 Å². The van der Waals surface area contributed by atoms with E-state index in [4.69, 9.17) is 0 Å². The van der Waals surface area contributed by atoms with Gasteiger partial charge in [0.05, 0.1) is 18.8 Å². The van der Waals surface area contributed by atoms with Crippen molar-refractivity contribution < 1.29 is 9.59 Å². The van der Waals surface area contributed by atoms with Gasteiger partial charge in [-0.25, -0.2) is 4.98 Å². The Morgan fingerprint density at radius 3 is 2.86 bits per heavy atom. The highest BCUT2D eigenvalue weighted by atomic mass is 32.2. The largest absolute Gasteiger partial charge is 0.350 e. The molecule has 2 aromatic rings. The first-order valence-electron chi connectivity index (χ1n) is 6.78. The molecule has 2 amide bonds. The van der Waals surface area contributed by atoms with Crippen LogP contribution in [0.25, 0.3) is 0 Å². The molecule has 8 heteroatoms. The standard InChI is InChI=1S/C14H17N3O2S3/c1-2-17(13(19)10-22-14-15-5-7-21-14)9-12(18)16-8-11-4-3-6-20-11/h3-7H,2,8-10H2,1H3,(H,16,18). The molecule has 0 spiro atoms. The average Bonchev–Trinajstić information content (AvgIpc) is 3.21. The van der Waals surface area contributed by atoms with Gasteiger partial charge in [-0.1, -0.05) is 17.8 Å². The van der Waals surface area contributed by atoms with Crippen LogP contribution in [-0.2, 0) is 16.1 Å². The van der Waals surface area contributed by atoms with Crippen LogP contribution in [0.2, 0.25) is 0 Å². The van der Waals surface area contributed by atoms with Gasteiger partial charge >= 0.3 is 0 Å². The van der Waals surface area contributed by atoms with E-state index in [1.807, 2.05) is 29.8 Å². The van der Waals surface area contributed by atoms with E-state index in [1.54, 1.807) is 22.4 Å². The summed E-state index contributed by atoms with van der Waals surface area (Å²) < 4.78 is 0.867. The molecule has 0 aliphatic heterocycles. The molecule has 22 heavy (non-hydrogen) atoms. The van der Waals surface area contributed by atoms with Gasteiger partial charge in [0.15, 0.2) is 0 Å². The van der Waals surface area contributed by atoms with Gasteiger partial charge in [0.25, 0.3) is 0 Å². The minimum absolute atomic E-state index is 0.0472. The molecule has 0 unspecified atom stereocenters. The zero-order valence-corrected chi connectivity index (χ0v) is 14.6. The molecule has 2 heterocycles. The maximum Gasteiger partial charge on any atom is 0.239 e. The zero-order valence-electron chi connectivity index (χ0n) is 12.2. The van der Waals surface area contributed by atoms with E-state index in [2.05, 4.69) is 10.3 Å². The molecule has 0 aliphatic rings. The Hall–Kier alpha value is -1.38. The smallest absolute Gasteiger partial charge is 0.239 e. The number of nitrogens with zero attached hydrogens (tertiary/aromatic N) is 2. The van der Waals surface area contributed by atoms with Crippen LogP contribution in [0.15, 0.2) is 33.4 Å². The first kappa shape index (κ1) is 17.0. The number of hydrogen-bond acceptors (Lipinski definition) is 6. The quantitative estimate of drug-likeness (QED) is 0.739. The number of likely N-dealkylation sites (N-methyl/N-ethyl adjacent to an activating group) is 1. The summed E-state index contributed by atoms with van der Waals surface area (Å²) in [4.78, 5) is 30.9. The molecule has 1 N–H and O–H groups in total. The summed E-state index contributed by atoms with van der Waals surface area (Å²) in [5, 5.41) is 6.68. The van der Waals surface area contributed by atoms with Crippen molar-refractivity contribution in [1.29, 1.82) is 0 Å². The molecule has 0 atom stereocenters. The molecule has 2 rings (SSSR count).